The molecule has 1 amide bonds. The van der Waals surface area contributed by atoms with Gasteiger partial charge >= 0.3 is 0 Å². The first-order valence-electron chi connectivity index (χ1n) is 8.12. The molecule has 0 bridgehead atoms. The molecule has 0 spiro atoms. The highest BCUT2D eigenvalue weighted by Gasteiger charge is 2.16. The van der Waals surface area contributed by atoms with E-state index in [1.165, 1.54) is 11.3 Å². The Morgan fingerprint density at radius 3 is 2.89 bits per heavy atom. The van der Waals surface area contributed by atoms with E-state index in [0.717, 1.165) is 26.5 Å². The maximum absolute atomic E-state index is 12.5. The molecule has 0 saturated carbocycles. The minimum absolute atomic E-state index is 0.295. The lowest BCUT2D eigenvalue weighted by Crippen LogP contribution is -2.11. The highest BCUT2D eigenvalue weighted by molar-refractivity contribution is 7.13. The zero-order valence-electron chi connectivity index (χ0n) is 13.8. The number of para-hydroxylation sites is 1. The van der Waals surface area contributed by atoms with E-state index in [-0.39, 0.29) is 5.91 Å². The summed E-state index contributed by atoms with van der Waals surface area (Å²) in [5, 5.41) is 12.2. The molecule has 0 saturated heterocycles. The number of thiazole rings is 1. The van der Waals surface area contributed by atoms with Crippen molar-refractivity contribution in [1.82, 2.24) is 15.1 Å². The van der Waals surface area contributed by atoms with E-state index in [1.54, 1.807) is 22.8 Å². The molecule has 5 aromatic rings. The van der Waals surface area contributed by atoms with Crippen LogP contribution in [0.1, 0.15) is 10.5 Å². The third-order valence-electron chi connectivity index (χ3n) is 4.02. The van der Waals surface area contributed by atoms with E-state index in [1.807, 2.05) is 47.8 Å². The molecule has 0 atom stereocenters. The largest absolute Gasteiger partial charge is 0.353 e. The predicted octanol–water partition coefficient (Wildman–Crippen LogP) is 5.26. The molecule has 0 unspecified atom stereocenters. The van der Waals surface area contributed by atoms with Crippen molar-refractivity contribution in [1.29, 1.82) is 0 Å². The van der Waals surface area contributed by atoms with Crippen molar-refractivity contribution in [2.75, 3.05) is 5.32 Å². The average Bonchev–Trinajstić information content (AvgIpc) is 3.47. The summed E-state index contributed by atoms with van der Waals surface area (Å²) < 4.78 is 5.21. The summed E-state index contributed by atoms with van der Waals surface area (Å²) in [5.74, 6) is -0.0361. The molecule has 6 nitrogen and oxygen atoms in total. The Kier molecular flexibility index (Phi) is 3.84. The summed E-state index contributed by atoms with van der Waals surface area (Å²) in [6.45, 7) is 0. The van der Waals surface area contributed by atoms with E-state index in [0.29, 0.717) is 17.3 Å². The Morgan fingerprint density at radius 2 is 2.04 bits per heavy atom. The SMILES string of the molecule is O=C(Nc1cc(-c2cccs2)no1)c1csc(-c2cc3ccccc3[nH]2)n1. The number of nitrogens with zero attached hydrogens (tertiary/aromatic N) is 2. The van der Waals surface area contributed by atoms with E-state index in [9.17, 15) is 4.79 Å². The van der Waals surface area contributed by atoms with Crippen LogP contribution < -0.4 is 5.32 Å². The lowest BCUT2D eigenvalue weighted by atomic mass is 10.2. The lowest BCUT2D eigenvalue weighted by Gasteiger charge is -1.96. The van der Waals surface area contributed by atoms with Crippen LogP contribution in [-0.2, 0) is 0 Å². The summed E-state index contributed by atoms with van der Waals surface area (Å²) in [6.07, 6.45) is 0. The summed E-state index contributed by atoms with van der Waals surface area (Å²) in [5.41, 5.74) is 2.96. The van der Waals surface area contributed by atoms with Gasteiger partial charge in [-0.3, -0.25) is 10.1 Å². The van der Waals surface area contributed by atoms with Gasteiger partial charge in [0, 0.05) is 22.3 Å². The average molecular weight is 392 g/mol. The number of aromatic nitrogens is 3. The summed E-state index contributed by atoms with van der Waals surface area (Å²) in [7, 11) is 0. The number of carbonyl (C=O) groups excluding carboxylic acids is 1. The number of nitrogens with one attached hydrogen (secondary N) is 2. The molecule has 0 radical (unpaired) electrons. The molecule has 0 aliphatic carbocycles. The molecule has 0 aliphatic rings. The molecule has 4 heterocycles. The fraction of sp³-hybridized carbons (Fsp3) is 0. The van der Waals surface area contributed by atoms with Crippen molar-refractivity contribution in [3.63, 3.8) is 0 Å². The van der Waals surface area contributed by atoms with Crippen LogP contribution in [0, 0.1) is 0 Å². The van der Waals surface area contributed by atoms with E-state index >= 15 is 0 Å². The van der Waals surface area contributed by atoms with Gasteiger partial charge in [0.1, 0.15) is 16.4 Å². The van der Waals surface area contributed by atoms with Gasteiger partial charge in [0.2, 0.25) is 5.88 Å². The van der Waals surface area contributed by atoms with E-state index in [4.69, 9.17) is 4.52 Å². The zero-order chi connectivity index (χ0) is 18.2. The number of anilines is 1. The second-order valence-electron chi connectivity index (χ2n) is 5.82. The van der Waals surface area contributed by atoms with Crippen LogP contribution in [0.3, 0.4) is 0 Å². The molecule has 0 aliphatic heterocycles. The Labute approximate surface area is 161 Å². The van der Waals surface area contributed by atoms with E-state index in [2.05, 4.69) is 20.4 Å². The fourth-order valence-electron chi connectivity index (χ4n) is 2.74. The number of amides is 1. The van der Waals surface area contributed by atoms with Crippen molar-refractivity contribution in [3.8, 4) is 21.3 Å². The van der Waals surface area contributed by atoms with Crippen molar-refractivity contribution in [3.05, 3.63) is 65.0 Å². The van der Waals surface area contributed by atoms with Gasteiger partial charge in [-0.25, -0.2) is 4.98 Å². The number of fused-ring (bicyclic) bond motifs is 1. The summed E-state index contributed by atoms with van der Waals surface area (Å²) in [6, 6.07) is 15.6. The first-order valence-corrected chi connectivity index (χ1v) is 9.88. The van der Waals surface area contributed by atoms with Crippen molar-refractivity contribution in [2.24, 2.45) is 0 Å². The molecule has 27 heavy (non-hydrogen) atoms. The molecule has 2 N–H and O–H groups in total. The van der Waals surface area contributed by atoms with Crippen LogP contribution in [-0.4, -0.2) is 21.0 Å². The number of benzene rings is 1. The smallest absolute Gasteiger partial charge is 0.277 e. The number of aromatic amines is 1. The third-order valence-corrected chi connectivity index (χ3v) is 5.79. The lowest BCUT2D eigenvalue weighted by molar-refractivity contribution is 0.102. The molecule has 4 aromatic heterocycles. The molecule has 8 heteroatoms. The summed E-state index contributed by atoms with van der Waals surface area (Å²) in [4.78, 5) is 21.2. The van der Waals surface area contributed by atoms with Gasteiger partial charge in [-0.15, -0.1) is 22.7 Å². The van der Waals surface area contributed by atoms with Gasteiger partial charge in [0.15, 0.2) is 0 Å². The van der Waals surface area contributed by atoms with Crippen LogP contribution in [0.5, 0.6) is 0 Å². The molecule has 1 aromatic carbocycles. The number of rotatable bonds is 4. The third kappa shape index (κ3) is 3.05. The van der Waals surface area contributed by atoms with Crippen LogP contribution in [0.25, 0.3) is 32.2 Å². The number of H-pyrrole nitrogens is 1. The van der Waals surface area contributed by atoms with E-state index < -0.39 is 0 Å². The van der Waals surface area contributed by atoms with Crippen molar-refractivity contribution >= 4 is 45.4 Å². The van der Waals surface area contributed by atoms with Gasteiger partial charge in [-0.05, 0) is 23.6 Å². The summed E-state index contributed by atoms with van der Waals surface area (Å²) >= 11 is 2.97. The second-order valence-corrected chi connectivity index (χ2v) is 7.62. The predicted molar refractivity (Wildman–Crippen MR) is 107 cm³/mol. The Bertz CT molecular complexity index is 1200. The van der Waals surface area contributed by atoms with Crippen molar-refractivity contribution < 1.29 is 9.32 Å². The highest BCUT2D eigenvalue weighted by atomic mass is 32.1. The molecule has 5 rings (SSSR count). The Hall–Kier alpha value is -3.23. The molecular weight excluding hydrogens is 380 g/mol. The minimum atomic E-state index is -0.331. The van der Waals surface area contributed by atoms with Gasteiger partial charge in [0.05, 0.1) is 10.6 Å². The Balaban J connectivity index is 1.35. The normalized spacial score (nSPS) is 11.1. The first-order chi connectivity index (χ1) is 13.3. The van der Waals surface area contributed by atoms with Crippen LogP contribution in [0.2, 0.25) is 0 Å². The highest BCUT2D eigenvalue weighted by Crippen LogP contribution is 2.28. The topological polar surface area (TPSA) is 83.8 Å². The van der Waals surface area contributed by atoms with Crippen LogP contribution >= 0.6 is 22.7 Å². The number of hydrogen-bond donors (Lipinski definition) is 2. The monoisotopic (exact) mass is 392 g/mol. The quantitative estimate of drug-likeness (QED) is 0.437. The van der Waals surface area contributed by atoms with Gasteiger partial charge in [-0.2, -0.15) is 0 Å². The van der Waals surface area contributed by atoms with Gasteiger partial charge < -0.3 is 9.51 Å². The molecule has 132 valence electrons. The fourth-order valence-corrected chi connectivity index (χ4v) is 4.19. The van der Waals surface area contributed by atoms with Crippen molar-refractivity contribution in [2.45, 2.75) is 0 Å². The number of thiophene rings is 1. The second kappa shape index (κ2) is 6.49. The zero-order valence-corrected chi connectivity index (χ0v) is 15.4. The molecule has 0 fully saturated rings. The first kappa shape index (κ1) is 16.0. The maximum atomic E-state index is 12.5. The number of hydrogen-bond acceptors (Lipinski definition) is 6. The van der Waals surface area contributed by atoms with Gasteiger partial charge in [0.25, 0.3) is 5.91 Å². The number of carbonyl (C=O) groups is 1. The standard InChI is InChI=1S/C19H12N4O2S2/c24-18(22-17-9-13(23-25-17)16-6-3-7-26-16)15-10-27-19(21-15)14-8-11-4-1-2-5-12(11)20-14/h1-10,20H,(H,22,24). The van der Waals surface area contributed by atoms with Gasteiger partial charge in [-0.1, -0.05) is 29.4 Å². The maximum Gasteiger partial charge on any atom is 0.277 e. The Morgan fingerprint density at radius 1 is 1.11 bits per heavy atom. The van der Waals surface area contributed by atoms with Crippen LogP contribution in [0.4, 0.5) is 5.88 Å². The van der Waals surface area contributed by atoms with Crippen LogP contribution in [0.15, 0.2) is 63.8 Å². The minimum Gasteiger partial charge on any atom is -0.353 e. The molecular formula is C19H12N4O2S2.